The van der Waals surface area contributed by atoms with E-state index in [2.05, 4.69) is 11.9 Å². The minimum Gasteiger partial charge on any atom is -0.490 e. The summed E-state index contributed by atoms with van der Waals surface area (Å²) >= 11 is 0. The third kappa shape index (κ3) is 3.69. The Labute approximate surface area is 112 Å². The van der Waals surface area contributed by atoms with Gasteiger partial charge in [0.15, 0.2) is 11.5 Å². The predicted octanol–water partition coefficient (Wildman–Crippen LogP) is 3.16. The first-order chi connectivity index (χ1) is 9.33. The first kappa shape index (κ1) is 13.4. The van der Waals surface area contributed by atoms with Crippen molar-refractivity contribution in [1.82, 2.24) is 4.98 Å². The van der Waals surface area contributed by atoms with Gasteiger partial charge in [0.25, 0.3) is 0 Å². The van der Waals surface area contributed by atoms with Crippen molar-refractivity contribution in [1.29, 1.82) is 0 Å². The Balaban J connectivity index is 2.17. The smallest absolute Gasteiger partial charge is 0.169 e. The molecule has 0 radical (unpaired) electrons. The van der Waals surface area contributed by atoms with Crippen LogP contribution in [0.2, 0.25) is 0 Å². The molecule has 0 spiro atoms. The Morgan fingerprint density at radius 3 is 2.68 bits per heavy atom. The zero-order valence-corrected chi connectivity index (χ0v) is 10.9. The van der Waals surface area contributed by atoms with Gasteiger partial charge in [-0.3, -0.25) is 4.98 Å². The molecule has 1 heterocycles. The molecule has 1 aromatic heterocycles. The molecule has 0 aliphatic carbocycles. The molecule has 4 nitrogen and oxygen atoms in total. The standard InChI is InChI=1S/C15H17NO3/c1-2-9-18-14-5-3-4-6-15(14)19-13-7-8-16-12(10-13)11-17/h3-8,10,17H,2,9,11H2,1H3. The molecule has 0 atom stereocenters. The first-order valence-electron chi connectivity index (χ1n) is 6.29. The Kier molecular flexibility index (Phi) is 4.75. The maximum absolute atomic E-state index is 9.06. The normalized spacial score (nSPS) is 10.2. The molecule has 1 N–H and O–H groups in total. The van der Waals surface area contributed by atoms with Crippen molar-refractivity contribution in [3.8, 4) is 17.2 Å². The lowest BCUT2D eigenvalue weighted by molar-refractivity contribution is 0.276. The van der Waals surface area contributed by atoms with Crippen LogP contribution in [0.5, 0.6) is 17.2 Å². The largest absolute Gasteiger partial charge is 0.490 e. The third-order valence-corrected chi connectivity index (χ3v) is 2.49. The van der Waals surface area contributed by atoms with Crippen molar-refractivity contribution in [3.05, 3.63) is 48.3 Å². The molecule has 0 unspecified atom stereocenters. The number of pyridine rings is 1. The average molecular weight is 259 g/mol. The van der Waals surface area contributed by atoms with E-state index in [0.29, 0.717) is 29.5 Å². The Morgan fingerprint density at radius 2 is 1.95 bits per heavy atom. The van der Waals surface area contributed by atoms with E-state index in [1.165, 1.54) is 0 Å². The van der Waals surface area contributed by atoms with E-state index in [1.54, 1.807) is 18.3 Å². The number of hydrogen-bond donors (Lipinski definition) is 1. The molecule has 0 aliphatic heterocycles. The minimum atomic E-state index is -0.106. The highest BCUT2D eigenvalue weighted by atomic mass is 16.5. The van der Waals surface area contributed by atoms with E-state index in [9.17, 15) is 0 Å². The second-order valence-corrected chi connectivity index (χ2v) is 4.04. The molecule has 0 fully saturated rings. The molecule has 1 aromatic carbocycles. The number of aliphatic hydroxyl groups excluding tert-OH is 1. The first-order valence-corrected chi connectivity index (χ1v) is 6.29. The number of para-hydroxylation sites is 2. The van der Waals surface area contributed by atoms with Gasteiger partial charge in [-0.05, 0) is 24.6 Å². The van der Waals surface area contributed by atoms with Crippen LogP contribution < -0.4 is 9.47 Å². The Hall–Kier alpha value is -2.07. The predicted molar refractivity (Wildman–Crippen MR) is 72.5 cm³/mol. The van der Waals surface area contributed by atoms with Gasteiger partial charge in [-0.2, -0.15) is 0 Å². The van der Waals surface area contributed by atoms with Crippen LogP contribution in [0.1, 0.15) is 19.0 Å². The summed E-state index contributed by atoms with van der Waals surface area (Å²) in [4.78, 5) is 4.01. The van der Waals surface area contributed by atoms with Gasteiger partial charge in [0, 0.05) is 12.3 Å². The van der Waals surface area contributed by atoms with Crippen molar-refractivity contribution >= 4 is 0 Å². The maximum Gasteiger partial charge on any atom is 0.169 e. The van der Waals surface area contributed by atoms with E-state index in [-0.39, 0.29) is 6.61 Å². The van der Waals surface area contributed by atoms with Crippen LogP contribution in [0, 0.1) is 0 Å². The van der Waals surface area contributed by atoms with Gasteiger partial charge in [0.05, 0.1) is 18.9 Å². The van der Waals surface area contributed by atoms with E-state index in [4.69, 9.17) is 14.6 Å². The topological polar surface area (TPSA) is 51.6 Å². The van der Waals surface area contributed by atoms with Crippen molar-refractivity contribution < 1.29 is 14.6 Å². The Morgan fingerprint density at radius 1 is 1.16 bits per heavy atom. The quantitative estimate of drug-likeness (QED) is 0.865. The van der Waals surface area contributed by atoms with Crippen molar-refractivity contribution in [3.63, 3.8) is 0 Å². The fraction of sp³-hybridized carbons (Fsp3) is 0.267. The van der Waals surface area contributed by atoms with Gasteiger partial charge in [0.2, 0.25) is 0 Å². The molecular formula is C15H17NO3. The van der Waals surface area contributed by atoms with Crippen LogP contribution in [-0.4, -0.2) is 16.7 Å². The zero-order chi connectivity index (χ0) is 13.5. The van der Waals surface area contributed by atoms with Crippen LogP contribution in [0.25, 0.3) is 0 Å². The molecule has 19 heavy (non-hydrogen) atoms. The zero-order valence-electron chi connectivity index (χ0n) is 10.9. The van der Waals surface area contributed by atoms with E-state index >= 15 is 0 Å². The second-order valence-electron chi connectivity index (χ2n) is 4.04. The van der Waals surface area contributed by atoms with Gasteiger partial charge in [-0.1, -0.05) is 19.1 Å². The van der Waals surface area contributed by atoms with Gasteiger partial charge in [-0.25, -0.2) is 0 Å². The van der Waals surface area contributed by atoms with Gasteiger partial charge in [-0.15, -0.1) is 0 Å². The SMILES string of the molecule is CCCOc1ccccc1Oc1ccnc(CO)c1. The van der Waals surface area contributed by atoms with Crippen LogP contribution in [0.4, 0.5) is 0 Å². The summed E-state index contributed by atoms with van der Waals surface area (Å²) in [6.07, 6.45) is 2.55. The average Bonchev–Trinajstić information content (AvgIpc) is 2.46. The van der Waals surface area contributed by atoms with Crippen LogP contribution in [0.15, 0.2) is 42.6 Å². The summed E-state index contributed by atoms with van der Waals surface area (Å²) in [5, 5.41) is 9.06. The van der Waals surface area contributed by atoms with Gasteiger partial charge in [0.1, 0.15) is 5.75 Å². The van der Waals surface area contributed by atoms with Crippen LogP contribution in [-0.2, 0) is 6.61 Å². The van der Waals surface area contributed by atoms with Crippen molar-refractivity contribution in [2.45, 2.75) is 20.0 Å². The van der Waals surface area contributed by atoms with Crippen molar-refractivity contribution in [2.24, 2.45) is 0 Å². The lowest BCUT2D eigenvalue weighted by Gasteiger charge is -2.12. The Bertz CT molecular complexity index is 528. The number of hydrogen-bond acceptors (Lipinski definition) is 4. The minimum absolute atomic E-state index is 0.106. The summed E-state index contributed by atoms with van der Waals surface area (Å²) in [5.74, 6) is 2.00. The number of aliphatic hydroxyl groups is 1. The molecule has 0 amide bonds. The molecule has 0 aliphatic rings. The van der Waals surface area contributed by atoms with E-state index in [1.807, 2.05) is 24.3 Å². The summed E-state index contributed by atoms with van der Waals surface area (Å²) in [6, 6.07) is 11.0. The third-order valence-electron chi connectivity index (χ3n) is 2.49. The van der Waals surface area contributed by atoms with Gasteiger partial charge >= 0.3 is 0 Å². The monoisotopic (exact) mass is 259 g/mol. The summed E-state index contributed by atoms with van der Waals surface area (Å²) in [7, 11) is 0. The van der Waals surface area contributed by atoms with Crippen LogP contribution >= 0.6 is 0 Å². The van der Waals surface area contributed by atoms with E-state index in [0.717, 1.165) is 6.42 Å². The molecular weight excluding hydrogens is 242 g/mol. The lowest BCUT2D eigenvalue weighted by atomic mass is 10.3. The summed E-state index contributed by atoms with van der Waals surface area (Å²) in [5.41, 5.74) is 0.574. The molecule has 4 heteroatoms. The molecule has 0 bridgehead atoms. The fourth-order valence-corrected chi connectivity index (χ4v) is 1.60. The summed E-state index contributed by atoms with van der Waals surface area (Å²) in [6.45, 7) is 2.60. The molecule has 100 valence electrons. The lowest BCUT2D eigenvalue weighted by Crippen LogP contribution is -1.97. The highest BCUT2D eigenvalue weighted by Gasteiger charge is 2.06. The highest BCUT2D eigenvalue weighted by Crippen LogP contribution is 2.31. The number of nitrogens with zero attached hydrogens (tertiary/aromatic N) is 1. The second kappa shape index (κ2) is 6.75. The number of rotatable bonds is 6. The van der Waals surface area contributed by atoms with E-state index < -0.39 is 0 Å². The summed E-state index contributed by atoms with van der Waals surface area (Å²) < 4.78 is 11.4. The number of aromatic nitrogens is 1. The van der Waals surface area contributed by atoms with Crippen LogP contribution in [0.3, 0.4) is 0 Å². The molecule has 0 saturated carbocycles. The highest BCUT2D eigenvalue weighted by molar-refractivity contribution is 5.42. The number of benzene rings is 1. The van der Waals surface area contributed by atoms with Gasteiger partial charge < -0.3 is 14.6 Å². The molecule has 2 aromatic rings. The maximum atomic E-state index is 9.06. The molecule has 0 saturated heterocycles. The fourth-order valence-electron chi connectivity index (χ4n) is 1.60. The molecule has 2 rings (SSSR count). The number of ether oxygens (including phenoxy) is 2. The van der Waals surface area contributed by atoms with Crippen molar-refractivity contribution in [2.75, 3.05) is 6.61 Å².